The molecule has 18 heavy (non-hydrogen) atoms. The topological polar surface area (TPSA) is 22.1 Å². The number of aromatic nitrogens is 1. The lowest BCUT2D eigenvalue weighted by Crippen LogP contribution is -1.88. The standard InChI is InChI=1S/C15H16ClNO/c1-2-3-4-12-5-8-14(9-6-12)18-15-10-7-13(16)11-17-15/h5-11H,2-4H2,1H3. The van der Waals surface area contributed by atoms with Gasteiger partial charge in [-0.25, -0.2) is 4.98 Å². The second-order valence-electron chi connectivity index (χ2n) is 4.16. The van der Waals surface area contributed by atoms with Crippen LogP contribution in [-0.2, 0) is 6.42 Å². The summed E-state index contributed by atoms with van der Waals surface area (Å²) in [7, 11) is 0. The van der Waals surface area contributed by atoms with E-state index in [9.17, 15) is 0 Å². The molecule has 0 unspecified atom stereocenters. The molecule has 0 aliphatic heterocycles. The molecule has 0 saturated heterocycles. The van der Waals surface area contributed by atoms with E-state index < -0.39 is 0 Å². The lowest BCUT2D eigenvalue weighted by molar-refractivity contribution is 0.463. The Morgan fingerprint density at radius 1 is 1.11 bits per heavy atom. The quantitative estimate of drug-likeness (QED) is 0.766. The number of rotatable bonds is 5. The van der Waals surface area contributed by atoms with Crippen molar-refractivity contribution < 1.29 is 4.74 Å². The van der Waals surface area contributed by atoms with Crippen molar-refractivity contribution in [2.45, 2.75) is 26.2 Å². The highest BCUT2D eigenvalue weighted by Gasteiger charge is 1.99. The fourth-order valence-corrected chi connectivity index (χ4v) is 1.76. The van der Waals surface area contributed by atoms with Crippen LogP contribution in [-0.4, -0.2) is 4.98 Å². The third-order valence-electron chi connectivity index (χ3n) is 2.67. The first kappa shape index (κ1) is 12.9. The van der Waals surface area contributed by atoms with E-state index in [1.54, 1.807) is 18.3 Å². The zero-order valence-electron chi connectivity index (χ0n) is 10.4. The Kier molecular flexibility index (Phi) is 4.59. The van der Waals surface area contributed by atoms with Gasteiger partial charge in [-0.05, 0) is 36.6 Å². The Labute approximate surface area is 113 Å². The number of hydrogen-bond donors (Lipinski definition) is 0. The number of ether oxygens (including phenoxy) is 1. The molecule has 0 fully saturated rings. The van der Waals surface area contributed by atoms with Crippen LogP contribution in [0.5, 0.6) is 11.6 Å². The molecule has 2 nitrogen and oxygen atoms in total. The highest BCUT2D eigenvalue weighted by atomic mass is 35.5. The van der Waals surface area contributed by atoms with Crippen molar-refractivity contribution in [2.75, 3.05) is 0 Å². The van der Waals surface area contributed by atoms with E-state index in [0.717, 1.165) is 12.2 Å². The summed E-state index contributed by atoms with van der Waals surface area (Å²) in [6, 6.07) is 11.7. The minimum absolute atomic E-state index is 0.556. The van der Waals surface area contributed by atoms with E-state index in [1.165, 1.54) is 18.4 Å². The van der Waals surface area contributed by atoms with Crippen molar-refractivity contribution in [3.63, 3.8) is 0 Å². The van der Waals surface area contributed by atoms with Crippen LogP contribution < -0.4 is 4.74 Å². The van der Waals surface area contributed by atoms with Crippen LogP contribution in [0.15, 0.2) is 42.6 Å². The van der Waals surface area contributed by atoms with Gasteiger partial charge < -0.3 is 4.74 Å². The van der Waals surface area contributed by atoms with Crippen LogP contribution in [0.25, 0.3) is 0 Å². The second-order valence-corrected chi connectivity index (χ2v) is 4.60. The third-order valence-corrected chi connectivity index (χ3v) is 2.89. The summed E-state index contributed by atoms with van der Waals surface area (Å²) in [4.78, 5) is 4.09. The third kappa shape index (κ3) is 3.74. The maximum Gasteiger partial charge on any atom is 0.219 e. The molecule has 0 amide bonds. The smallest absolute Gasteiger partial charge is 0.219 e. The molecule has 1 aromatic heterocycles. The van der Waals surface area contributed by atoms with E-state index in [4.69, 9.17) is 16.3 Å². The van der Waals surface area contributed by atoms with Crippen LogP contribution in [0.4, 0.5) is 0 Å². The molecule has 0 radical (unpaired) electrons. The van der Waals surface area contributed by atoms with Gasteiger partial charge in [-0.1, -0.05) is 37.1 Å². The SMILES string of the molecule is CCCCc1ccc(Oc2ccc(Cl)cn2)cc1. The van der Waals surface area contributed by atoms with Gasteiger partial charge in [0.05, 0.1) is 5.02 Å². The van der Waals surface area contributed by atoms with E-state index in [2.05, 4.69) is 24.0 Å². The minimum Gasteiger partial charge on any atom is -0.439 e. The summed E-state index contributed by atoms with van der Waals surface area (Å²) in [5, 5.41) is 0.609. The fourth-order valence-electron chi connectivity index (χ4n) is 1.65. The minimum atomic E-state index is 0.556. The van der Waals surface area contributed by atoms with E-state index in [0.29, 0.717) is 10.9 Å². The molecule has 2 aromatic rings. The van der Waals surface area contributed by atoms with Crippen molar-refractivity contribution in [3.05, 3.63) is 53.2 Å². The molecule has 1 aromatic carbocycles. The fraction of sp³-hybridized carbons (Fsp3) is 0.267. The number of nitrogens with zero attached hydrogens (tertiary/aromatic N) is 1. The number of halogens is 1. The molecule has 0 bridgehead atoms. The van der Waals surface area contributed by atoms with Gasteiger partial charge in [-0.3, -0.25) is 0 Å². The summed E-state index contributed by atoms with van der Waals surface area (Å²) >= 11 is 5.77. The van der Waals surface area contributed by atoms with Crippen molar-refractivity contribution in [1.82, 2.24) is 4.98 Å². The molecule has 1 heterocycles. The van der Waals surface area contributed by atoms with Crippen LogP contribution >= 0.6 is 11.6 Å². The monoisotopic (exact) mass is 261 g/mol. The molecule has 2 rings (SSSR count). The maximum atomic E-state index is 5.77. The average Bonchev–Trinajstić information content (AvgIpc) is 2.41. The summed E-state index contributed by atoms with van der Waals surface area (Å²) in [6.07, 6.45) is 5.13. The Balaban J connectivity index is 1.99. The molecule has 0 aliphatic rings. The predicted molar refractivity (Wildman–Crippen MR) is 74.4 cm³/mol. The van der Waals surface area contributed by atoms with Gasteiger partial charge in [-0.15, -0.1) is 0 Å². The van der Waals surface area contributed by atoms with Crippen molar-refractivity contribution in [1.29, 1.82) is 0 Å². The zero-order chi connectivity index (χ0) is 12.8. The Morgan fingerprint density at radius 3 is 2.50 bits per heavy atom. The van der Waals surface area contributed by atoms with Crippen LogP contribution in [0.1, 0.15) is 25.3 Å². The Bertz CT molecular complexity index is 479. The van der Waals surface area contributed by atoms with Gasteiger partial charge in [0, 0.05) is 12.3 Å². The van der Waals surface area contributed by atoms with Crippen molar-refractivity contribution >= 4 is 11.6 Å². The number of pyridine rings is 1. The molecule has 94 valence electrons. The van der Waals surface area contributed by atoms with Gasteiger partial charge >= 0.3 is 0 Å². The van der Waals surface area contributed by atoms with Gasteiger partial charge in [0.25, 0.3) is 0 Å². The summed E-state index contributed by atoms with van der Waals surface area (Å²) < 4.78 is 5.62. The summed E-state index contributed by atoms with van der Waals surface area (Å²) in [5.74, 6) is 1.35. The molecular formula is C15H16ClNO. The van der Waals surface area contributed by atoms with Crippen LogP contribution in [0, 0.1) is 0 Å². The van der Waals surface area contributed by atoms with Gasteiger partial charge in [0.2, 0.25) is 5.88 Å². The first-order valence-electron chi connectivity index (χ1n) is 6.16. The van der Waals surface area contributed by atoms with Crippen LogP contribution in [0.2, 0.25) is 5.02 Å². The van der Waals surface area contributed by atoms with E-state index in [1.807, 2.05) is 12.1 Å². The highest BCUT2D eigenvalue weighted by molar-refractivity contribution is 6.30. The molecule has 3 heteroatoms. The average molecular weight is 262 g/mol. The molecular weight excluding hydrogens is 246 g/mol. The maximum absolute atomic E-state index is 5.77. The molecule has 0 N–H and O–H groups in total. The molecule has 0 aliphatic carbocycles. The number of hydrogen-bond acceptors (Lipinski definition) is 2. The number of benzene rings is 1. The first-order chi connectivity index (χ1) is 8.78. The van der Waals surface area contributed by atoms with Gasteiger partial charge in [-0.2, -0.15) is 0 Å². The summed E-state index contributed by atoms with van der Waals surface area (Å²) in [5.41, 5.74) is 1.34. The normalized spacial score (nSPS) is 10.3. The van der Waals surface area contributed by atoms with Gasteiger partial charge in [0.1, 0.15) is 5.75 Å². The van der Waals surface area contributed by atoms with E-state index >= 15 is 0 Å². The first-order valence-corrected chi connectivity index (χ1v) is 6.54. The highest BCUT2D eigenvalue weighted by Crippen LogP contribution is 2.21. The predicted octanol–water partition coefficient (Wildman–Crippen LogP) is 4.87. The lowest BCUT2D eigenvalue weighted by Gasteiger charge is -2.05. The Morgan fingerprint density at radius 2 is 1.89 bits per heavy atom. The largest absolute Gasteiger partial charge is 0.439 e. The molecule has 0 spiro atoms. The molecule has 0 saturated carbocycles. The number of aryl methyl sites for hydroxylation is 1. The molecule has 0 atom stereocenters. The Hall–Kier alpha value is -1.54. The van der Waals surface area contributed by atoms with E-state index in [-0.39, 0.29) is 0 Å². The lowest BCUT2D eigenvalue weighted by atomic mass is 10.1. The van der Waals surface area contributed by atoms with Crippen molar-refractivity contribution in [2.24, 2.45) is 0 Å². The van der Waals surface area contributed by atoms with Gasteiger partial charge in [0.15, 0.2) is 0 Å². The second kappa shape index (κ2) is 6.41. The zero-order valence-corrected chi connectivity index (χ0v) is 11.2. The summed E-state index contributed by atoms with van der Waals surface area (Å²) in [6.45, 7) is 2.20. The van der Waals surface area contributed by atoms with Crippen LogP contribution in [0.3, 0.4) is 0 Å². The van der Waals surface area contributed by atoms with Crippen molar-refractivity contribution in [3.8, 4) is 11.6 Å². The number of unbranched alkanes of at least 4 members (excludes halogenated alkanes) is 1.